The molecule has 1 heterocycles. The van der Waals surface area contributed by atoms with Gasteiger partial charge in [-0.2, -0.15) is 5.26 Å². The first-order valence-corrected chi connectivity index (χ1v) is 7.67. The Kier molecular flexibility index (Phi) is 6.37. The fraction of sp³-hybridized carbons (Fsp3) is 0.353. The average Bonchev–Trinajstić information content (AvgIpc) is 3.10. The highest BCUT2D eigenvalue weighted by atomic mass is 16.5. The molecule has 1 saturated heterocycles. The summed E-state index contributed by atoms with van der Waals surface area (Å²) in [5, 5.41) is 11.9. The molecule has 8 heteroatoms. The predicted molar refractivity (Wildman–Crippen MR) is 88.4 cm³/mol. The third-order valence-corrected chi connectivity index (χ3v) is 3.46. The number of nitrogens with two attached hydrogens (primary N) is 1. The molecule has 0 aliphatic carbocycles. The molecular formula is C17H19N3O5. The quantitative estimate of drug-likeness (QED) is 0.554. The fourth-order valence-electron chi connectivity index (χ4n) is 2.27. The standard InChI is InChI=1S/C17H19N3O5/c1-23-14-8-11(4-5-13(14)25-10-15(19)21)7-12(9-18)17(22)20-16-3-2-6-24-16/h4-5,7-8,16H,2-3,6,10H2,1H3,(H2,19,21)(H,20,22)/b12-7+/t16-/m0/s1. The molecule has 0 unspecified atom stereocenters. The average molecular weight is 345 g/mol. The third-order valence-electron chi connectivity index (χ3n) is 3.46. The van der Waals surface area contributed by atoms with E-state index in [1.807, 2.05) is 6.07 Å². The minimum absolute atomic E-state index is 0.0524. The van der Waals surface area contributed by atoms with Crippen LogP contribution in [0.15, 0.2) is 23.8 Å². The minimum Gasteiger partial charge on any atom is -0.493 e. The summed E-state index contributed by atoms with van der Waals surface area (Å²) in [5.41, 5.74) is 5.56. The summed E-state index contributed by atoms with van der Waals surface area (Å²) in [4.78, 5) is 22.9. The van der Waals surface area contributed by atoms with Gasteiger partial charge in [0.1, 0.15) is 17.9 Å². The van der Waals surface area contributed by atoms with Crippen molar-refractivity contribution in [3.8, 4) is 17.6 Å². The van der Waals surface area contributed by atoms with Crippen LogP contribution in [0, 0.1) is 11.3 Å². The number of hydrogen-bond donors (Lipinski definition) is 2. The van der Waals surface area contributed by atoms with Crippen LogP contribution >= 0.6 is 0 Å². The molecular weight excluding hydrogens is 326 g/mol. The summed E-state index contributed by atoms with van der Waals surface area (Å²) >= 11 is 0. The van der Waals surface area contributed by atoms with Gasteiger partial charge < -0.3 is 25.3 Å². The first-order chi connectivity index (χ1) is 12.0. The van der Waals surface area contributed by atoms with Crippen LogP contribution in [0.3, 0.4) is 0 Å². The fourth-order valence-corrected chi connectivity index (χ4v) is 2.27. The van der Waals surface area contributed by atoms with Crippen molar-refractivity contribution >= 4 is 17.9 Å². The number of hydrogen-bond acceptors (Lipinski definition) is 6. The molecule has 1 aliphatic rings. The van der Waals surface area contributed by atoms with E-state index in [-0.39, 0.29) is 18.4 Å². The molecule has 1 aromatic rings. The van der Waals surface area contributed by atoms with Crippen LogP contribution in [0.2, 0.25) is 0 Å². The molecule has 1 atom stereocenters. The number of nitrogens with one attached hydrogen (secondary N) is 1. The second-order valence-electron chi connectivity index (χ2n) is 5.31. The third kappa shape index (κ3) is 5.22. The lowest BCUT2D eigenvalue weighted by Gasteiger charge is -2.12. The first kappa shape index (κ1) is 18.3. The van der Waals surface area contributed by atoms with Gasteiger partial charge in [-0.3, -0.25) is 9.59 Å². The summed E-state index contributed by atoms with van der Waals surface area (Å²) in [6.45, 7) is 0.319. The van der Waals surface area contributed by atoms with E-state index in [1.54, 1.807) is 18.2 Å². The van der Waals surface area contributed by atoms with E-state index in [0.29, 0.717) is 23.7 Å². The van der Waals surface area contributed by atoms with Gasteiger partial charge in [0.05, 0.1) is 7.11 Å². The van der Waals surface area contributed by atoms with Crippen molar-refractivity contribution in [2.45, 2.75) is 19.1 Å². The number of ether oxygens (including phenoxy) is 3. The van der Waals surface area contributed by atoms with Crippen molar-refractivity contribution in [1.82, 2.24) is 5.32 Å². The molecule has 2 rings (SSSR count). The first-order valence-electron chi connectivity index (χ1n) is 7.67. The van der Waals surface area contributed by atoms with E-state index in [1.165, 1.54) is 13.2 Å². The van der Waals surface area contributed by atoms with Gasteiger partial charge in [-0.1, -0.05) is 6.07 Å². The van der Waals surface area contributed by atoms with Gasteiger partial charge in [0.25, 0.3) is 11.8 Å². The topological polar surface area (TPSA) is 124 Å². The zero-order valence-electron chi connectivity index (χ0n) is 13.8. The zero-order chi connectivity index (χ0) is 18.2. The van der Waals surface area contributed by atoms with Crippen molar-refractivity contribution in [3.63, 3.8) is 0 Å². The van der Waals surface area contributed by atoms with Gasteiger partial charge in [0.15, 0.2) is 18.1 Å². The van der Waals surface area contributed by atoms with Crippen LogP contribution in [-0.2, 0) is 14.3 Å². The van der Waals surface area contributed by atoms with E-state index in [0.717, 1.165) is 12.8 Å². The van der Waals surface area contributed by atoms with Gasteiger partial charge in [0.2, 0.25) is 0 Å². The summed E-state index contributed by atoms with van der Waals surface area (Å²) in [5.74, 6) is -0.418. The Morgan fingerprint density at radius 3 is 2.88 bits per heavy atom. The molecule has 3 N–H and O–H groups in total. The molecule has 1 fully saturated rings. The highest BCUT2D eigenvalue weighted by Gasteiger charge is 2.20. The highest BCUT2D eigenvalue weighted by molar-refractivity contribution is 6.01. The molecule has 0 bridgehead atoms. The number of benzene rings is 1. The SMILES string of the molecule is COc1cc(/C=C(\C#N)C(=O)N[C@@H]2CCCO2)ccc1OCC(N)=O. The summed E-state index contributed by atoms with van der Waals surface area (Å²) in [6.07, 6.45) is 2.68. The molecule has 8 nitrogen and oxygen atoms in total. The summed E-state index contributed by atoms with van der Waals surface area (Å²) < 4.78 is 15.7. The smallest absolute Gasteiger partial charge is 0.263 e. The molecule has 0 saturated carbocycles. The van der Waals surface area contributed by atoms with Gasteiger partial charge in [-0.15, -0.1) is 0 Å². The second-order valence-corrected chi connectivity index (χ2v) is 5.31. The minimum atomic E-state index is -0.608. The summed E-state index contributed by atoms with van der Waals surface area (Å²) in [7, 11) is 1.44. The van der Waals surface area contributed by atoms with E-state index in [2.05, 4.69) is 5.32 Å². The molecule has 0 radical (unpaired) electrons. The van der Waals surface area contributed by atoms with Crippen LogP contribution in [0.1, 0.15) is 18.4 Å². The monoisotopic (exact) mass is 345 g/mol. The molecule has 1 aliphatic heterocycles. The van der Waals surface area contributed by atoms with Crippen molar-refractivity contribution in [1.29, 1.82) is 5.26 Å². The maximum absolute atomic E-state index is 12.1. The maximum Gasteiger partial charge on any atom is 0.263 e. The van der Waals surface area contributed by atoms with Crippen LogP contribution < -0.4 is 20.5 Å². The number of carbonyl (C=O) groups is 2. The van der Waals surface area contributed by atoms with Crippen LogP contribution in [0.4, 0.5) is 0 Å². The molecule has 0 spiro atoms. The van der Waals surface area contributed by atoms with E-state index in [9.17, 15) is 14.9 Å². The lowest BCUT2D eigenvalue weighted by molar-refractivity contribution is -0.120. The number of amides is 2. The van der Waals surface area contributed by atoms with Crippen LogP contribution in [0.25, 0.3) is 6.08 Å². The Morgan fingerprint density at radius 1 is 1.48 bits per heavy atom. The zero-order valence-corrected chi connectivity index (χ0v) is 13.8. The highest BCUT2D eigenvalue weighted by Crippen LogP contribution is 2.29. The molecule has 0 aromatic heterocycles. The number of methoxy groups -OCH3 is 1. The number of primary amides is 1. The van der Waals surface area contributed by atoms with Crippen molar-refractivity contribution < 1.29 is 23.8 Å². The maximum atomic E-state index is 12.1. The van der Waals surface area contributed by atoms with Gasteiger partial charge >= 0.3 is 0 Å². The van der Waals surface area contributed by atoms with Crippen molar-refractivity contribution in [2.24, 2.45) is 5.73 Å². The lowest BCUT2D eigenvalue weighted by Crippen LogP contribution is -2.34. The molecule has 25 heavy (non-hydrogen) atoms. The Labute approximate surface area is 145 Å². The van der Waals surface area contributed by atoms with E-state index in [4.69, 9.17) is 19.9 Å². The van der Waals surface area contributed by atoms with Crippen LogP contribution in [0.5, 0.6) is 11.5 Å². The lowest BCUT2D eigenvalue weighted by atomic mass is 10.1. The second kappa shape index (κ2) is 8.70. The largest absolute Gasteiger partial charge is 0.493 e. The number of carbonyl (C=O) groups excluding carboxylic acids is 2. The Bertz CT molecular complexity index is 717. The normalized spacial score (nSPS) is 16.8. The van der Waals surface area contributed by atoms with Gasteiger partial charge in [-0.25, -0.2) is 0 Å². The number of nitrogens with zero attached hydrogens (tertiary/aromatic N) is 1. The van der Waals surface area contributed by atoms with E-state index >= 15 is 0 Å². The Balaban J connectivity index is 2.14. The summed E-state index contributed by atoms with van der Waals surface area (Å²) in [6, 6.07) is 6.67. The molecule has 2 amide bonds. The van der Waals surface area contributed by atoms with Crippen molar-refractivity contribution in [2.75, 3.05) is 20.3 Å². The van der Waals surface area contributed by atoms with Crippen molar-refractivity contribution in [3.05, 3.63) is 29.3 Å². The van der Waals surface area contributed by atoms with Gasteiger partial charge in [-0.05, 0) is 36.6 Å². The van der Waals surface area contributed by atoms with Crippen LogP contribution in [-0.4, -0.2) is 38.4 Å². The van der Waals surface area contributed by atoms with E-state index < -0.39 is 11.8 Å². The predicted octanol–water partition coefficient (Wildman–Crippen LogP) is 0.719. The Hall–Kier alpha value is -3.05. The molecule has 132 valence electrons. The molecule has 1 aromatic carbocycles. The number of rotatable bonds is 7. The number of nitriles is 1. The van der Waals surface area contributed by atoms with Gasteiger partial charge in [0, 0.05) is 6.61 Å². The Morgan fingerprint density at radius 2 is 2.28 bits per heavy atom.